The summed E-state index contributed by atoms with van der Waals surface area (Å²) in [5, 5.41) is 32.5. The molecule has 0 aliphatic heterocycles. The minimum atomic E-state index is -2.27. The second-order valence-electron chi connectivity index (χ2n) is 2.52. The number of aldehydes is 1. The quantitative estimate of drug-likeness (QED) is 0.432. The highest BCUT2D eigenvalue weighted by molar-refractivity contribution is 5.83. The Morgan fingerprint density at radius 3 is 1.53 bits per heavy atom. The van der Waals surface area contributed by atoms with E-state index in [4.69, 9.17) is 20.4 Å². The summed E-state index contributed by atoms with van der Waals surface area (Å²) in [5.41, 5.74) is 0. The average molecular weight is 222 g/mol. The molecule has 88 valence electrons. The van der Waals surface area contributed by atoms with Gasteiger partial charge in [0.2, 0.25) is 0 Å². The molecular formula is C8H14O7. The highest BCUT2D eigenvalue weighted by Crippen LogP contribution is 1.92. The minimum absolute atomic E-state index is 0.708. The summed E-state index contributed by atoms with van der Waals surface area (Å²) in [6.07, 6.45) is -1.92. The maximum absolute atomic E-state index is 9.77. The standard InChI is InChI=1S/C4H6O6.C4H8O/c5-1(3(7)8)2(6)4(9)10;1-2-3-4-5/h1-2,5-6H,(H,7,8)(H,9,10);4H,2-3H2,1H3. The number of carboxylic acids is 2. The van der Waals surface area contributed by atoms with Gasteiger partial charge in [0.15, 0.2) is 12.2 Å². The topological polar surface area (TPSA) is 132 Å². The summed E-state index contributed by atoms with van der Waals surface area (Å²) in [6, 6.07) is 0. The lowest BCUT2D eigenvalue weighted by Crippen LogP contribution is -2.39. The molecule has 0 aromatic rings. The molecule has 0 rings (SSSR count). The van der Waals surface area contributed by atoms with E-state index in [1.165, 1.54) is 0 Å². The van der Waals surface area contributed by atoms with E-state index >= 15 is 0 Å². The number of rotatable bonds is 5. The van der Waals surface area contributed by atoms with Crippen molar-refractivity contribution in [3.05, 3.63) is 0 Å². The Bertz CT molecular complexity index is 195. The zero-order chi connectivity index (χ0) is 12.4. The molecule has 0 bridgehead atoms. The van der Waals surface area contributed by atoms with E-state index in [-0.39, 0.29) is 0 Å². The maximum Gasteiger partial charge on any atom is 0.335 e. The molecule has 0 aliphatic rings. The van der Waals surface area contributed by atoms with E-state index in [1.807, 2.05) is 6.92 Å². The first kappa shape index (κ1) is 16.0. The van der Waals surface area contributed by atoms with Gasteiger partial charge < -0.3 is 25.2 Å². The van der Waals surface area contributed by atoms with Gasteiger partial charge in [0, 0.05) is 6.42 Å². The van der Waals surface area contributed by atoms with Gasteiger partial charge in [-0.1, -0.05) is 6.92 Å². The normalized spacial score (nSPS) is 13.0. The van der Waals surface area contributed by atoms with Crippen LogP contribution in [0.4, 0.5) is 0 Å². The first-order valence-corrected chi connectivity index (χ1v) is 4.13. The summed E-state index contributed by atoms with van der Waals surface area (Å²) < 4.78 is 0. The van der Waals surface area contributed by atoms with Crippen LogP contribution in [0.2, 0.25) is 0 Å². The van der Waals surface area contributed by atoms with Crippen molar-refractivity contribution < 1.29 is 34.8 Å². The molecule has 0 spiro atoms. The molecule has 0 saturated carbocycles. The van der Waals surface area contributed by atoms with Gasteiger partial charge in [-0.05, 0) is 6.42 Å². The Hall–Kier alpha value is -1.47. The van der Waals surface area contributed by atoms with Crippen LogP contribution in [0.25, 0.3) is 0 Å². The summed E-state index contributed by atoms with van der Waals surface area (Å²) in [5.74, 6) is -3.54. The van der Waals surface area contributed by atoms with Gasteiger partial charge >= 0.3 is 11.9 Å². The number of hydrogen-bond acceptors (Lipinski definition) is 5. The number of aliphatic hydroxyl groups is 2. The molecule has 15 heavy (non-hydrogen) atoms. The zero-order valence-electron chi connectivity index (χ0n) is 8.16. The van der Waals surface area contributed by atoms with Gasteiger partial charge in [0.1, 0.15) is 6.29 Å². The molecule has 0 saturated heterocycles. The second kappa shape index (κ2) is 9.10. The molecule has 0 aromatic carbocycles. The Labute approximate surface area is 86.0 Å². The summed E-state index contributed by atoms with van der Waals surface area (Å²) in [6.45, 7) is 1.98. The fraction of sp³-hybridized carbons (Fsp3) is 0.625. The Kier molecular flexibility index (Phi) is 9.69. The molecule has 0 radical (unpaired) electrons. The molecule has 2 unspecified atom stereocenters. The molecule has 2 atom stereocenters. The van der Waals surface area contributed by atoms with Crippen LogP contribution in [-0.2, 0) is 14.4 Å². The Balaban J connectivity index is 0. The van der Waals surface area contributed by atoms with Crippen LogP contribution in [0.3, 0.4) is 0 Å². The Morgan fingerprint density at radius 1 is 1.13 bits per heavy atom. The molecule has 0 amide bonds. The number of unbranched alkanes of at least 4 members (excludes halogenated alkanes) is 1. The number of hydrogen-bond donors (Lipinski definition) is 4. The largest absolute Gasteiger partial charge is 0.479 e. The Morgan fingerprint density at radius 2 is 1.47 bits per heavy atom. The molecule has 0 aromatic heterocycles. The summed E-state index contributed by atoms with van der Waals surface area (Å²) in [7, 11) is 0. The second-order valence-corrected chi connectivity index (χ2v) is 2.52. The number of carbonyl (C=O) groups excluding carboxylic acids is 1. The molecule has 7 nitrogen and oxygen atoms in total. The van der Waals surface area contributed by atoms with E-state index in [2.05, 4.69) is 0 Å². The minimum Gasteiger partial charge on any atom is -0.479 e. The summed E-state index contributed by atoms with van der Waals surface area (Å²) in [4.78, 5) is 28.9. The van der Waals surface area contributed by atoms with Gasteiger partial charge in [-0.15, -0.1) is 0 Å². The van der Waals surface area contributed by atoms with Crippen LogP contribution in [0, 0.1) is 0 Å². The van der Waals surface area contributed by atoms with Crippen LogP contribution in [-0.4, -0.2) is 50.9 Å². The van der Waals surface area contributed by atoms with Crippen LogP contribution in [0.15, 0.2) is 0 Å². The smallest absolute Gasteiger partial charge is 0.335 e. The lowest BCUT2D eigenvalue weighted by Gasteiger charge is -2.07. The SMILES string of the molecule is CCCC=O.O=C(O)C(O)C(O)C(=O)O. The monoisotopic (exact) mass is 222 g/mol. The van der Waals surface area contributed by atoms with E-state index < -0.39 is 24.1 Å². The van der Waals surface area contributed by atoms with Crippen molar-refractivity contribution in [1.82, 2.24) is 0 Å². The third kappa shape index (κ3) is 8.85. The van der Waals surface area contributed by atoms with Crippen molar-refractivity contribution >= 4 is 18.2 Å². The first-order chi connectivity index (χ1) is 6.88. The van der Waals surface area contributed by atoms with E-state index in [1.54, 1.807) is 0 Å². The molecular weight excluding hydrogens is 208 g/mol. The van der Waals surface area contributed by atoms with Gasteiger partial charge in [0.05, 0.1) is 0 Å². The van der Waals surface area contributed by atoms with Gasteiger partial charge in [-0.3, -0.25) is 0 Å². The van der Waals surface area contributed by atoms with Crippen molar-refractivity contribution in [1.29, 1.82) is 0 Å². The number of aliphatic hydroxyl groups excluding tert-OH is 2. The average Bonchev–Trinajstić information content (AvgIpc) is 2.17. The molecule has 0 fully saturated rings. The third-order valence-electron chi connectivity index (χ3n) is 1.21. The predicted molar refractivity (Wildman–Crippen MR) is 48.3 cm³/mol. The fourth-order valence-electron chi connectivity index (χ4n) is 0.388. The predicted octanol–water partition coefficient (Wildman–Crippen LogP) is -1.14. The van der Waals surface area contributed by atoms with Gasteiger partial charge in [-0.25, -0.2) is 9.59 Å². The third-order valence-corrected chi connectivity index (χ3v) is 1.21. The molecule has 0 aliphatic carbocycles. The summed E-state index contributed by atoms with van der Waals surface area (Å²) >= 11 is 0. The van der Waals surface area contributed by atoms with E-state index in [0.717, 1.165) is 12.7 Å². The fourth-order valence-corrected chi connectivity index (χ4v) is 0.388. The highest BCUT2D eigenvalue weighted by atomic mass is 16.4. The van der Waals surface area contributed by atoms with Crippen molar-refractivity contribution in [3.63, 3.8) is 0 Å². The van der Waals surface area contributed by atoms with Crippen LogP contribution < -0.4 is 0 Å². The number of aliphatic carboxylic acids is 2. The molecule has 7 heteroatoms. The van der Waals surface area contributed by atoms with Crippen molar-refractivity contribution in [3.8, 4) is 0 Å². The van der Waals surface area contributed by atoms with Crippen molar-refractivity contribution in [2.24, 2.45) is 0 Å². The lowest BCUT2D eigenvalue weighted by molar-refractivity contribution is -0.165. The van der Waals surface area contributed by atoms with Crippen LogP contribution in [0.1, 0.15) is 19.8 Å². The maximum atomic E-state index is 9.77. The van der Waals surface area contributed by atoms with E-state index in [0.29, 0.717) is 6.42 Å². The van der Waals surface area contributed by atoms with Crippen LogP contribution in [0.5, 0.6) is 0 Å². The van der Waals surface area contributed by atoms with Gasteiger partial charge in [0.25, 0.3) is 0 Å². The van der Waals surface area contributed by atoms with Crippen molar-refractivity contribution in [2.45, 2.75) is 32.0 Å². The van der Waals surface area contributed by atoms with E-state index in [9.17, 15) is 14.4 Å². The zero-order valence-corrected chi connectivity index (χ0v) is 8.16. The first-order valence-electron chi connectivity index (χ1n) is 4.13. The highest BCUT2D eigenvalue weighted by Gasteiger charge is 2.29. The molecule has 4 N–H and O–H groups in total. The molecule has 0 heterocycles. The van der Waals surface area contributed by atoms with Gasteiger partial charge in [-0.2, -0.15) is 0 Å². The van der Waals surface area contributed by atoms with Crippen molar-refractivity contribution in [2.75, 3.05) is 0 Å². The van der Waals surface area contributed by atoms with Crippen LogP contribution >= 0.6 is 0 Å². The lowest BCUT2D eigenvalue weighted by atomic mass is 10.2. The number of carboxylic acid groups (broad SMARTS) is 2. The number of carbonyl (C=O) groups is 3.